The Balaban J connectivity index is 1.98. The third kappa shape index (κ3) is 3.50. The molecule has 1 aromatic heterocycles. The van der Waals surface area contributed by atoms with Gasteiger partial charge in [-0.15, -0.1) is 0 Å². The summed E-state index contributed by atoms with van der Waals surface area (Å²) in [5.41, 5.74) is 0.915. The van der Waals surface area contributed by atoms with Gasteiger partial charge in [0, 0.05) is 18.7 Å². The van der Waals surface area contributed by atoms with E-state index in [2.05, 4.69) is 24.1 Å². The molecule has 1 fully saturated rings. The van der Waals surface area contributed by atoms with Crippen LogP contribution in [-0.4, -0.2) is 23.7 Å². The number of halogens is 1. The van der Waals surface area contributed by atoms with E-state index in [1.54, 1.807) is 6.07 Å². The quantitative estimate of drug-likeness (QED) is 0.894. The van der Waals surface area contributed by atoms with Crippen LogP contribution < -0.4 is 5.32 Å². The van der Waals surface area contributed by atoms with Gasteiger partial charge in [0.05, 0.1) is 18.0 Å². The van der Waals surface area contributed by atoms with Crippen LogP contribution in [-0.2, 0) is 4.74 Å². The Bertz CT molecular complexity index is 369. The minimum atomic E-state index is -0.284. The van der Waals surface area contributed by atoms with Crippen molar-refractivity contribution in [3.63, 3.8) is 0 Å². The van der Waals surface area contributed by atoms with Crippen molar-refractivity contribution in [2.45, 2.75) is 51.3 Å². The molecule has 3 atom stereocenters. The second-order valence-corrected chi connectivity index (χ2v) is 4.93. The van der Waals surface area contributed by atoms with E-state index in [4.69, 9.17) is 4.74 Å². The Morgan fingerprint density at radius 1 is 1.56 bits per heavy atom. The Morgan fingerprint density at radius 2 is 2.39 bits per heavy atom. The molecule has 0 aliphatic carbocycles. The summed E-state index contributed by atoms with van der Waals surface area (Å²) in [4.78, 5) is 4.17. The van der Waals surface area contributed by atoms with Crippen LogP contribution in [0.15, 0.2) is 18.3 Å². The van der Waals surface area contributed by atoms with Gasteiger partial charge in [-0.1, -0.05) is 6.92 Å². The molecule has 0 aromatic carbocycles. The van der Waals surface area contributed by atoms with E-state index in [1.165, 1.54) is 12.3 Å². The first kappa shape index (κ1) is 13.4. The fourth-order valence-corrected chi connectivity index (χ4v) is 2.44. The molecule has 0 spiro atoms. The Hall–Kier alpha value is -1.00. The molecule has 1 aliphatic heterocycles. The SMILES string of the molecule is CCC(NC1CCOC(C)C1)c1ccc(F)cn1. The van der Waals surface area contributed by atoms with Crippen LogP contribution in [0.25, 0.3) is 0 Å². The van der Waals surface area contributed by atoms with Crippen LogP contribution in [0.5, 0.6) is 0 Å². The van der Waals surface area contributed by atoms with Crippen LogP contribution in [0.3, 0.4) is 0 Å². The van der Waals surface area contributed by atoms with E-state index in [1.807, 2.05) is 0 Å². The summed E-state index contributed by atoms with van der Waals surface area (Å²) in [6.45, 7) is 5.03. The number of nitrogens with zero attached hydrogens (tertiary/aromatic N) is 1. The molecule has 3 nitrogen and oxygen atoms in total. The summed E-state index contributed by atoms with van der Waals surface area (Å²) in [6, 6.07) is 3.89. The van der Waals surface area contributed by atoms with Gasteiger partial charge in [-0.05, 0) is 38.3 Å². The molecule has 18 heavy (non-hydrogen) atoms. The van der Waals surface area contributed by atoms with Crippen molar-refractivity contribution in [2.75, 3.05) is 6.61 Å². The standard InChI is InChI=1S/C14H21FN2O/c1-3-13(14-5-4-11(15)9-16-14)17-12-6-7-18-10(2)8-12/h4-5,9-10,12-13,17H,3,6-8H2,1-2H3. The minimum Gasteiger partial charge on any atom is -0.378 e. The number of aromatic nitrogens is 1. The molecule has 4 heteroatoms. The number of nitrogens with one attached hydrogen (secondary N) is 1. The Morgan fingerprint density at radius 3 is 3.00 bits per heavy atom. The molecule has 0 saturated carbocycles. The maximum Gasteiger partial charge on any atom is 0.141 e. The van der Waals surface area contributed by atoms with Crippen LogP contribution >= 0.6 is 0 Å². The molecule has 0 radical (unpaired) electrons. The number of ether oxygens (including phenoxy) is 1. The van der Waals surface area contributed by atoms with Gasteiger partial charge in [-0.3, -0.25) is 4.98 Å². The topological polar surface area (TPSA) is 34.1 Å². The lowest BCUT2D eigenvalue weighted by Gasteiger charge is -2.31. The van der Waals surface area contributed by atoms with Gasteiger partial charge < -0.3 is 10.1 Å². The molecule has 2 heterocycles. The van der Waals surface area contributed by atoms with Crippen molar-refractivity contribution >= 4 is 0 Å². The normalized spacial score (nSPS) is 25.9. The van der Waals surface area contributed by atoms with Gasteiger partial charge in [-0.25, -0.2) is 4.39 Å². The van der Waals surface area contributed by atoms with Crippen molar-refractivity contribution in [3.05, 3.63) is 29.8 Å². The van der Waals surface area contributed by atoms with Gasteiger partial charge in [0.15, 0.2) is 0 Å². The average molecular weight is 252 g/mol. The highest BCUT2D eigenvalue weighted by atomic mass is 19.1. The number of pyridine rings is 1. The second kappa shape index (κ2) is 6.25. The molecular weight excluding hydrogens is 231 g/mol. The highest BCUT2D eigenvalue weighted by Gasteiger charge is 2.22. The van der Waals surface area contributed by atoms with Crippen molar-refractivity contribution < 1.29 is 9.13 Å². The van der Waals surface area contributed by atoms with Crippen LogP contribution in [0, 0.1) is 5.82 Å². The molecule has 2 rings (SSSR count). The molecule has 0 amide bonds. The maximum atomic E-state index is 12.9. The van der Waals surface area contributed by atoms with Gasteiger partial charge in [-0.2, -0.15) is 0 Å². The smallest absolute Gasteiger partial charge is 0.141 e. The fraction of sp³-hybridized carbons (Fsp3) is 0.643. The molecule has 1 saturated heterocycles. The highest BCUT2D eigenvalue weighted by molar-refractivity contribution is 5.10. The summed E-state index contributed by atoms with van der Waals surface area (Å²) in [5, 5.41) is 3.61. The predicted molar refractivity (Wildman–Crippen MR) is 68.8 cm³/mol. The van der Waals surface area contributed by atoms with E-state index < -0.39 is 0 Å². The molecule has 100 valence electrons. The molecule has 1 N–H and O–H groups in total. The zero-order valence-corrected chi connectivity index (χ0v) is 11.0. The summed E-state index contributed by atoms with van der Waals surface area (Å²) in [5.74, 6) is -0.284. The molecule has 1 aromatic rings. The van der Waals surface area contributed by atoms with Gasteiger partial charge in [0.25, 0.3) is 0 Å². The van der Waals surface area contributed by atoms with Crippen LogP contribution in [0.2, 0.25) is 0 Å². The zero-order chi connectivity index (χ0) is 13.0. The van der Waals surface area contributed by atoms with Crippen LogP contribution in [0.1, 0.15) is 44.8 Å². The lowest BCUT2D eigenvalue weighted by molar-refractivity contribution is 0.0110. The van der Waals surface area contributed by atoms with Crippen molar-refractivity contribution in [1.29, 1.82) is 0 Å². The third-order valence-electron chi connectivity index (χ3n) is 3.44. The number of hydrogen-bond donors (Lipinski definition) is 1. The van der Waals surface area contributed by atoms with E-state index in [-0.39, 0.29) is 11.9 Å². The highest BCUT2D eigenvalue weighted by Crippen LogP contribution is 2.20. The van der Waals surface area contributed by atoms with Crippen molar-refractivity contribution in [3.8, 4) is 0 Å². The predicted octanol–water partition coefficient (Wildman–Crippen LogP) is 2.83. The molecular formula is C14H21FN2O. The van der Waals surface area contributed by atoms with Crippen molar-refractivity contribution in [2.24, 2.45) is 0 Å². The zero-order valence-electron chi connectivity index (χ0n) is 11.0. The maximum absolute atomic E-state index is 12.9. The second-order valence-electron chi connectivity index (χ2n) is 4.93. The molecule has 3 unspecified atom stereocenters. The lowest BCUT2D eigenvalue weighted by Crippen LogP contribution is -2.40. The summed E-state index contributed by atoms with van der Waals surface area (Å²) in [7, 11) is 0. The summed E-state index contributed by atoms with van der Waals surface area (Å²) < 4.78 is 18.4. The van der Waals surface area contributed by atoms with Crippen LogP contribution in [0.4, 0.5) is 4.39 Å². The van der Waals surface area contributed by atoms with Gasteiger partial charge in [0.2, 0.25) is 0 Å². The first-order valence-corrected chi connectivity index (χ1v) is 6.68. The summed E-state index contributed by atoms with van der Waals surface area (Å²) >= 11 is 0. The molecule has 1 aliphatic rings. The Kier molecular flexibility index (Phi) is 4.66. The van der Waals surface area contributed by atoms with Crippen molar-refractivity contribution in [1.82, 2.24) is 10.3 Å². The lowest BCUT2D eigenvalue weighted by atomic mass is 10.0. The molecule has 0 bridgehead atoms. The number of rotatable bonds is 4. The largest absolute Gasteiger partial charge is 0.378 e. The van der Waals surface area contributed by atoms with E-state index in [9.17, 15) is 4.39 Å². The Labute approximate surface area is 108 Å². The van der Waals surface area contributed by atoms with E-state index >= 15 is 0 Å². The van der Waals surface area contributed by atoms with Gasteiger partial charge in [0.1, 0.15) is 5.82 Å². The summed E-state index contributed by atoms with van der Waals surface area (Å²) in [6.07, 6.45) is 4.60. The fourth-order valence-electron chi connectivity index (χ4n) is 2.44. The average Bonchev–Trinajstić information content (AvgIpc) is 2.37. The van der Waals surface area contributed by atoms with E-state index in [0.29, 0.717) is 12.1 Å². The van der Waals surface area contributed by atoms with Gasteiger partial charge >= 0.3 is 0 Å². The minimum absolute atomic E-state index is 0.195. The first-order valence-electron chi connectivity index (χ1n) is 6.68. The first-order chi connectivity index (χ1) is 8.69. The third-order valence-corrected chi connectivity index (χ3v) is 3.44. The number of hydrogen-bond acceptors (Lipinski definition) is 3. The van der Waals surface area contributed by atoms with E-state index in [0.717, 1.165) is 31.6 Å². The monoisotopic (exact) mass is 252 g/mol.